The average Bonchev–Trinajstić information content (AvgIpc) is 2.73. The van der Waals surface area contributed by atoms with E-state index in [1.54, 1.807) is 0 Å². The lowest BCUT2D eigenvalue weighted by molar-refractivity contribution is -0.138. The van der Waals surface area contributed by atoms with Crippen LogP contribution in [-0.4, -0.2) is 35.3 Å². The summed E-state index contributed by atoms with van der Waals surface area (Å²) in [5.41, 5.74) is 2.77. The van der Waals surface area contributed by atoms with Gasteiger partial charge in [-0.25, -0.2) is 0 Å². The second-order valence-corrected chi connectivity index (χ2v) is 5.61. The summed E-state index contributed by atoms with van der Waals surface area (Å²) in [7, 11) is 0. The summed E-state index contributed by atoms with van der Waals surface area (Å²) in [6, 6.07) is 8.44. The van der Waals surface area contributed by atoms with E-state index in [2.05, 4.69) is 29.6 Å². The Kier molecular flexibility index (Phi) is 3.57. The van der Waals surface area contributed by atoms with Crippen LogP contribution in [0.25, 0.3) is 0 Å². The van der Waals surface area contributed by atoms with E-state index >= 15 is 0 Å². The topological polar surface area (TPSA) is 49.4 Å². The predicted molar refractivity (Wildman–Crippen MR) is 76.2 cm³/mol. The van der Waals surface area contributed by atoms with Crippen molar-refractivity contribution in [2.45, 2.75) is 44.7 Å². The van der Waals surface area contributed by atoms with Crippen LogP contribution in [-0.2, 0) is 22.4 Å². The van der Waals surface area contributed by atoms with Crippen molar-refractivity contribution in [1.29, 1.82) is 0 Å². The molecular formula is C16H20N2O2. The fourth-order valence-corrected chi connectivity index (χ4v) is 3.27. The Balaban J connectivity index is 1.66. The Labute approximate surface area is 119 Å². The van der Waals surface area contributed by atoms with E-state index in [4.69, 9.17) is 0 Å². The molecule has 2 amide bonds. The number of imide groups is 1. The van der Waals surface area contributed by atoms with Gasteiger partial charge in [-0.2, -0.15) is 0 Å². The molecule has 0 radical (unpaired) electrons. The Hall–Kier alpha value is -1.68. The van der Waals surface area contributed by atoms with Gasteiger partial charge < -0.3 is 5.32 Å². The fraction of sp³-hybridized carbons (Fsp3) is 0.500. The number of nitrogens with one attached hydrogen (secondary N) is 1. The van der Waals surface area contributed by atoms with Gasteiger partial charge in [-0.15, -0.1) is 0 Å². The van der Waals surface area contributed by atoms with Crippen molar-refractivity contribution in [3.63, 3.8) is 0 Å². The molecule has 4 nitrogen and oxygen atoms in total. The summed E-state index contributed by atoms with van der Waals surface area (Å²) in [5.74, 6) is -0.109. The molecule has 4 heteroatoms. The van der Waals surface area contributed by atoms with E-state index in [-0.39, 0.29) is 17.9 Å². The van der Waals surface area contributed by atoms with Gasteiger partial charge in [0.1, 0.15) is 0 Å². The van der Waals surface area contributed by atoms with Crippen molar-refractivity contribution in [3.8, 4) is 0 Å². The first-order valence-electron chi connectivity index (χ1n) is 7.36. The maximum absolute atomic E-state index is 12.1. The zero-order valence-corrected chi connectivity index (χ0v) is 11.8. The maximum atomic E-state index is 12.1. The highest BCUT2D eigenvalue weighted by molar-refractivity contribution is 6.05. The summed E-state index contributed by atoms with van der Waals surface area (Å²) in [5, 5.41) is 3.39. The SMILES string of the molecule is CCN1C(=O)CC(NC2CCc3ccccc3C2)C1=O. The number of likely N-dealkylation sites (tertiary alicyclic amines) is 1. The van der Waals surface area contributed by atoms with Crippen LogP contribution in [0.2, 0.25) is 0 Å². The molecule has 0 saturated carbocycles. The third-order valence-corrected chi connectivity index (χ3v) is 4.34. The minimum Gasteiger partial charge on any atom is -0.302 e. The molecule has 2 unspecified atom stereocenters. The lowest BCUT2D eigenvalue weighted by atomic mass is 9.88. The summed E-state index contributed by atoms with van der Waals surface area (Å²) in [4.78, 5) is 25.2. The number of carbonyl (C=O) groups excluding carboxylic acids is 2. The molecule has 1 aliphatic heterocycles. The van der Waals surface area contributed by atoms with Gasteiger partial charge in [0.25, 0.3) is 0 Å². The van der Waals surface area contributed by atoms with Crippen molar-refractivity contribution in [1.82, 2.24) is 10.2 Å². The Morgan fingerprint density at radius 2 is 1.95 bits per heavy atom. The number of likely N-dealkylation sites (N-methyl/N-ethyl adjacent to an activating group) is 1. The number of hydrogen-bond acceptors (Lipinski definition) is 3. The molecular weight excluding hydrogens is 252 g/mol. The highest BCUT2D eigenvalue weighted by Crippen LogP contribution is 2.22. The van der Waals surface area contributed by atoms with E-state index in [0.717, 1.165) is 19.3 Å². The highest BCUT2D eigenvalue weighted by atomic mass is 16.2. The molecule has 1 fully saturated rings. The Bertz CT molecular complexity index is 541. The van der Waals surface area contributed by atoms with Crippen LogP contribution in [0.3, 0.4) is 0 Å². The van der Waals surface area contributed by atoms with Crippen molar-refractivity contribution in [2.75, 3.05) is 6.54 Å². The zero-order chi connectivity index (χ0) is 14.1. The number of nitrogens with zero attached hydrogens (tertiary/aromatic N) is 1. The molecule has 20 heavy (non-hydrogen) atoms. The number of amides is 2. The third kappa shape index (κ3) is 2.36. The minimum atomic E-state index is -0.322. The molecule has 0 aromatic heterocycles. The Morgan fingerprint density at radius 1 is 1.20 bits per heavy atom. The van der Waals surface area contributed by atoms with Crippen molar-refractivity contribution in [2.24, 2.45) is 0 Å². The predicted octanol–water partition coefficient (Wildman–Crippen LogP) is 1.28. The first kappa shape index (κ1) is 13.3. The second-order valence-electron chi connectivity index (χ2n) is 5.61. The van der Waals surface area contributed by atoms with E-state index in [1.165, 1.54) is 16.0 Å². The molecule has 2 aliphatic rings. The highest BCUT2D eigenvalue weighted by Gasteiger charge is 2.38. The molecule has 0 bridgehead atoms. The number of fused-ring (bicyclic) bond motifs is 1. The number of carbonyl (C=O) groups is 2. The zero-order valence-electron chi connectivity index (χ0n) is 11.8. The van der Waals surface area contributed by atoms with Crippen LogP contribution in [0, 0.1) is 0 Å². The number of hydrogen-bond donors (Lipinski definition) is 1. The molecule has 1 aromatic carbocycles. The first-order valence-corrected chi connectivity index (χ1v) is 7.36. The van der Waals surface area contributed by atoms with E-state index < -0.39 is 0 Å². The van der Waals surface area contributed by atoms with Crippen molar-refractivity contribution in [3.05, 3.63) is 35.4 Å². The van der Waals surface area contributed by atoms with Crippen LogP contribution in [0.15, 0.2) is 24.3 Å². The molecule has 1 aromatic rings. The second kappa shape index (κ2) is 5.37. The molecule has 3 rings (SSSR count). The van der Waals surface area contributed by atoms with Gasteiger partial charge in [0.05, 0.1) is 12.5 Å². The van der Waals surface area contributed by atoms with Crippen molar-refractivity contribution >= 4 is 11.8 Å². The maximum Gasteiger partial charge on any atom is 0.246 e. The van der Waals surface area contributed by atoms with Crippen LogP contribution in [0.1, 0.15) is 30.9 Å². The molecule has 1 heterocycles. The largest absolute Gasteiger partial charge is 0.302 e. The van der Waals surface area contributed by atoms with Crippen LogP contribution in [0.4, 0.5) is 0 Å². The minimum absolute atomic E-state index is 0.0498. The molecule has 0 spiro atoms. The van der Waals surface area contributed by atoms with E-state index in [0.29, 0.717) is 19.0 Å². The van der Waals surface area contributed by atoms with Crippen LogP contribution >= 0.6 is 0 Å². The quantitative estimate of drug-likeness (QED) is 0.843. The van der Waals surface area contributed by atoms with Gasteiger partial charge in [-0.3, -0.25) is 14.5 Å². The van der Waals surface area contributed by atoms with Gasteiger partial charge in [0.15, 0.2) is 0 Å². The Morgan fingerprint density at radius 3 is 2.65 bits per heavy atom. The van der Waals surface area contributed by atoms with Crippen LogP contribution in [0.5, 0.6) is 0 Å². The third-order valence-electron chi connectivity index (χ3n) is 4.34. The van der Waals surface area contributed by atoms with E-state index in [1.807, 2.05) is 6.92 Å². The molecule has 1 N–H and O–H groups in total. The smallest absolute Gasteiger partial charge is 0.246 e. The molecule has 106 valence electrons. The first-order chi connectivity index (χ1) is 9.69. The van der Waals surface area contributed by atoms with Gasteiger partial charge in [-0.05, 0) is 37.3 Å². The molecule has 2 atom stereocenters. The van der Waals surface area contributed by atoms with E-state index in [9.17, 15) is 9.59 Å². The number of benzene rings is 1. The molecule has 1 aliphatic carbocycles. The van der Waals surface area contributed by atoms with Gasteiger partial charge in [0, 0.05) is 12.6 Å². The standard InChI is InChI=1S/C16H20N2O2/c1-2-18-15(19)10-14(16(18)20)17-13-8-7-11-5-3-4-6-12(11)9-13/h3-6,13-14,17H,2,7-10H2,1H3. The number of rotatable bonds is 3. The van der Waals surface area contributed by atoms with Gasteiger partial charge in [-0.1, -0.05) is 24.3 Å². The van der Waals surface area contributed by atoms with Crippen molar-refractivity contribution < 1.29 is 9.59 Å². The monoisotopic (exact) mass is 272 g/mol. The van der Waals surface area contributed by atoms with Gasteiger partial charge >= 0.3 is 0 Å². The summed E-state index contributed by atoms with van der Waals surface area (Å²) < 4.78 is 0. The normalized spacial score (nSPS) is 25.9. The lowest BCUT2D eigenvalue weighted by Crippen LogP contribution is -2.45. The summed E-state index contributed by atoms with van der Waals surface area (Å²) >= 11 is 0. The number of aryl methyl sites for hydroxylation is 1. The summed E-state index contributed by atoms with van der Waals surface area (Å²) in [6.45, 7) is 2.32. The van der Waals surface area contributed by atoms with Crippen LogP contribution < -0.4 is 5.32 Å². The van der Waals surface area contributed by atoms with Gasteiger partial charge in [0.2, 0.25) is 11.8 Å². The average molecular weight is 272 g/mol. The fourth-order valence-electron chi connectivity index (χ4n) is 3.27. The lowest BCUT2D eigenvalue weighted by Gasteiger charge is -2.27. The summed E-state index contributed by atoms with van der Waals surface area (Å²) in [6.07, 6.45) is 3.33. The molecule has 1 saturated heterocycles.